The van der Waals surface area contributed by atoms with Crippen LogP contribution >= 0.6 is 0 Å². The van der Waals surface area contributed by atoms with Crippen molar-refractivity contribution in [3.05, 3.63) is 0 Å². The van der Waals surface area contributed by atoms with E-state index >= 15 is 0 Å². The second-order valence-corrected chi connectivity index (χ2v) is 13.3. The predicted octanol–water partition coefficient (Wildman–Crippen LogP) is 10.2. The van der Waals surface area contributed by atoms with Gasteiger partial charge < -0.3 is 18.1 Å². The molecule has 0 aromatic rings. The van der Waals surface area contributed by atoms with Crippen molar-refractivity contribution >= 4 is 0 Å². The van der Waals surface area contributed by atoms with Crippen LogP contribution in [-0.4, -0.2) is 6.54 Å². The molecule has 0 fully saturated rings. The van der Waals surface area contributed by atoms with E-state index in [1.807, 2.05) is 0 Å². The van der Waals surface area contributed by atoms with Crippen molar-refractivity contribution in [3.8, 4) is 0 Å². The van der Waals surface area contributed by atoms with Gasteiger partial charge in [0, 0.05) is 5.92 Å². The van der Waals surface area contributed by atoms with E-state index in [9.17, 15) is 0 Å². The quantitative estimate of drug-likeness (QED) is 0.0716. The zero-order valence-electron chi connectivity index (χ0n) is 28.4. The summed E-state index contributed by atoms with van der Waals surface area (Å²) in [6, 6.07) is 0. The smallest absolute Gasteiger partial charge is 0.0768 e. The van der Waals surface area contributed by atoms with Gasteiger partial charge in [0.25, 0.3) is 0 Å². The number of rotatable bonds is 35. The summed E-state index contributed by atoms with van der Waals surface area (Å²) in [5.41, 5.74) is 4.27. The lowest BCUT2D eigenvalue weighted by molar-refractivity contribution is -0.379. The Morgan fingerprint density at radius 1 is 0.300 bits per heavy atom. The Morgan fingerprint density at radius 3 is 0.650 bits per heavy atom. The monoisotopic (exact) mass is 586 g/mol. The number of quaternary nitrogens is 1. The van der Waals surface area contributed by atoms with Crippen LogP contribution in [0.2, 0.25) is 0 Å². The molecule has 0 heterocycles. The molecule has 2 heteroatoms. The molecule has 1 nitrogen and oxygen atoms in total. The zero-order valence-corrected chi connectivity index (χ0v) is 29.2. The molecule has 0 amide bonds. The van der Waals surface area contributed by atoms with Gasteiger partial charge in [0.15, 0.2) is 0 Å². The first-order valence-electron chi connectivity index (χ1n) is 19.1. The normalized spacial score (nSPS) is 11.4. The van der Waals surface area contributed by atoms with E-state index in [0.717, 1.165) is 12.5 Å². The van der Waals surface area contributed by atoms with Crippen molar-refractivity contribution in [2.75, 3.05) is 6.54 Å². The summed E-state index contributed by atoms with van der Waals surface area (Å²) >= 11 is 0. The molecule has 3 N–H and O–H groups in total. The molecule has 0 aliphatic heterocycles. The van der Waals surface area contributed by atoms with Gasteiger partial charge in [-0.25, -0.2) is 0 Å². The number of hydrogen-bond donors (Lipinski definition) is 1. The summed E-state index contributed by atoms with van der Waals surface area (Å²) in [6.45, 7) is 5.78. The maximum absolute atomic E-state index is 4.27. The second kappa shape index (κ2) is 39.2. The highest BCUT2D eigenvalue weighted by molar-refractivity contribution is 4.59. The van der Waals surface area contributed by atoms with E-state index in [2.05, 4.69) is 19.6 Å². The van der Waals surface area contributed by atoms with E-state index in [1.54, 1.807) is 0 Å². The van der Waals surface area contributed by atoms with E-state index in [1.165, 1.54) is 218 Å². The van der Waals surface area contributed by atoms with Gasteiger partial charge in [-0.3, -0.25) is 0 Å². The van der Waals surface area contributed by atoms with Gasteiger partial charge in [-0.1, -0.05) is 219 Å². The summed E-state index contributed by atoms with van der Waals surface area (Å²) in [7, 11) is 0. The Kier molecular flexibility index (Phi) is 41.6. The topological polar surface area (TPSA) is 27.6 Å². The molecule has 0 bridgehead atoms. The molecule has 0 radical (unpaired) electrons. The predicted molar refractivity (Wildman–Crippen MR) is 180 cm³/mol. The average Bonchev–Trinajstić information content (AvgIpc) is 2.95. The summed E-state index contributed by atoms with van der Waals surface area (Å²) < 4.78 is 0. The Labute approximate surface area is 262 Å². The fraction of sp³-hybridized carbons (Fsp3) is 1.00. The summed E-state index contributed by atoms with van der Waals surface area (Å²) in [5, 5.41) is 0. The first kappa shape index (κ1) is 42.4. The Hall–Kier alpha value is 0.250. The van der Waals surface area contributed by atoms with Gasteiger partial charge in [-0.15, -0.1) is 0 Å². The van der Waals surface area contributed by atoms with Crippen LogP contribution in [0.25, 0.3) is 0 Å². The molecule has 0 aliphatic carbocycles. The molecule has 0 saturated carbocycles. The maximum Gasteiger partial charge on any atom is 0.0768 e. The number of hydrogen-bond acceptors (Lipinski definition) is 0. The fourth-order valence-corrected chi connectivity index (χ4v) is 6.40. The van der Waals surface area contributed by atoms with Crippen molar-refractivity contribution in [1.82, 2.24) is 0 Å². The second-order valence-electron chi connectivity index (χ2n) is 13.3. The lowest BCUT2D eigenvalue weighted by Crippen LogP contribution is -3.00. The first-order valence-corrected chi connectivity index (χ1v) is 19.1. The van der Waals surface area contributed by atoms with E-state index in [-0.39, 0.29) is 12.4 Å². The zero-order chi connectivity index (χ0) is 28.3. The van der Waals surface area contributed by atoms with Crippen LogP contribution in [0.5, 0.6) is 0 Å². The maximum atomic E-state index is 4.27. The third kappa shape index (κ3) is 36.3. The molecule has 0 aliphatic rings. The average molecular weight is 587 g/mol. The van der Waals surface area contributed by atoms with Crippen LogP contribution in [0.3, 0.4) is 0 Å². The minimum Gasteiger partial charge on any atom is -1.00 e. The molecule has 0 spiro atoms. The van der Waals surface area contributed by atoms with Crippen molar-refractivity contribution in [1.29, 1.82) is 0 Å². The highest BCUT2D eigenvalue weighted by Crippen LogP contribution is 2.19. The van der Waals surface area contributed by atoms with Crippen molar-refractivity contribution in [2.24, 2.45) is 5.92 Å². The largest absolute Gasteiger partial charge is 1.00 e. The van der Waals surface area contributed by atoms with E-state index < -0.39 is 0 Å². The Balaban J connectivity index is 0. The van der Waals surface area contributed by atoms with Gasteiger partial charge in [0.05, 0.1) is 6.54 Å². The minimum atomic E-state index is 0. The SMILES string of the molecule is CCCCCCCCCCCCCCCCCCC(C[NH3+])CCCCCCCCCCCCCCCCCC.[Cl-]. The number of unbranched alkanes of at least 4 members (excludes halogenated alkanes) is 30. The summed E-state index contributed by atoms with van der Waals surface area (Å²) in [6.07, 6.45) is 49.9. The van der Waals surface area contributed by atoms with Crippen LogP contribution in [0.1, 0.15) is 232 Å². The highest BCUT2D eigenvalue weighted by Gasteiger charge is 2.08. The summed E-state index contributed by atoms with van der Waals surface area (Å²) in [4.78, 5) is 0. The molecule has 0 aromatic carbocycles. The minimum absolute atomic E-state index is 0. The number of halogens is 1. The van der Waals surface area contributed by atoms with Crippen LogP contribution in [-0.2, 0) is 0 Å². The van der Waals surface area contributed by atoms with Crippen LogP contribution in [0, 0.1) is 5.92 Å². The molecule has 0 rings (SSSR count). The summed E-state index contributed by atoms with van der Waals surface area (Å²) in [5.74, 6) is 0.906. The first-order chi connectivity index (χ1) is 19.3. The molecule has 40 heavy (non-hydrogen) atoms. The standard InChI is InChI=1S/C38H79N.ClH/c1-3-5-7-9-11-13-15-17-19-21-23-25-27-29-31-33-35-38(37-39)36-34-32-30-28-26-24-22-20-18-16-14-12-10-8-6-4-2;/h38H,3-37,39H2,1-2H3;1H. The van der Waals surface area contributed by atoms with Crippen LogP contribution in [0.15, 0.2) is 0 Å². The van der Waals surface area contributed by atoms with Gasteiger partial charge in [-0.05, 0) is 12.8 Å². The van der Waals surface area contributed by atoms with E-state index in [4.69, 9.17) is 0 Å². The molecule has 0 atom stereocenters. The van der Waals surface area contributed by atoms with Gasteiger partial charge in [-0.2, -0.15) is 0 Å². The van der Waals surface area contributed by atoms with Crippen LogP contribution in [0.4, 0.5) is 0 Å². The lowest BCUT2D eigenvalue weighted by atomic mass is 9.94. The molecule has 0 unspecified atom stereocenters. The van der Waals surface area contributed by atoms with Crippen LogP contribution < -0.4 is 18.1 Å². The molecular formula is C38H80ClN. The molecule has 0 saturated heterocycles. The van der Waals surface area contributed by atoms with Crippen molar-refractivity contribution in [3.63, 3.8) is 0 Å². The van der Waals surface area contributed by atoms with Gasteiger partial charge >= 0.3 is 0 Å². The van der Waals surface area contributed by atoms with Crippen molar-refractivity contribution in [2.45, 2.75) is 232 Å². The van der Waals surface area contributed by atoms with Gasteiger partial charge in [0.1, 0.15) is 0 Å². The van der Waals surface area contributed by atoms with Gasteiger partial charge in [0.2, 0.25) is 0 Å². The molecule has 244 valence electrons. The van der Waals surface area contributed by atoms with Crippen molar-refractivity contribution < 1.29 is 18.1 Å². The Morgan fingerprint density at radius 2 is 0.475 bits per heavy atom. The third-order valence-corrected chi connectivity index (χ3v) is 9.34. The highest BCUT2D eigenvalue weighted by atomic mass is 35.5. The van der Waals surface area contributed by atoms with E-state index in [0.29, 0.717) is 0 Å². The lowest BCUT2D eigenvalue weighted by Gasteiger charge is -2.12. The molecule has 0 aromatic heterocycles. The fourth-order valence-electron chi connectivity index (χ4n) is 6.40. The third-order valence-electron chi connectivity index (χ3n) is 9.34. The molecular weight excluding hydrogens is 506 g/mol. The Bertz CT molecular complexity index is 376.